The molecule has 0 radical (unpaired) electrons. The summed E-state index contributed by atoms with van der Waals surface area (Å²) in [6, 6.07) is 3.14. The third-order valence-electron chi connectivity index (χ3n) is 3.86. The Kier molecular flexibility index (Phi) is 5.94. The summed E-state index contributed by atoms with van der Waals surface area (Å²) >= 11 is 0. The van der Waals surface area contributed by atoms with Crippen LogP contribution < -0.4 is 14.8 Å². The predicted molar refractivity (Wildman–Crippen MR) is 79.8 cm³/mol. The van der Waals surface area contributed by atoms with Gasteiger partial charge >= 0.3 is 19.2 Å². The molecular formula is C16H17F4NO5. The molecule has 1 atom stereocenters. The largest absolute Gasteiger partial charge is 0.460 e. The summed E-state index contributed by atoms with van der Waals surface area (Å²) in [5.41, 5.74) is -0.763. The minimum atomic E-state index is -3.21. The van der Waals surface area contributed by atoms with Gasteiger partial charge in [-0.2, -0.15) is 17.6 Å². The number of esters is 1. The fourth-order valence-corrected chi connectivity index (χ4v) is 2.60. The maximum Gasteiger partial charge on any atom is 0.387 e. The lowest BCUT2D eigenvalue weighted by Crippen LogP contribution is -2.42. The van der Waals surface area contributed by atoms with Gasteiger partial charge in [-0.05, 0) is 26.0 Å². The molecule has 1 saturated heterocycles. The van der Waals surface area contributed by atoms with Gasteiger partial charge in [0, 0.05) is 23.6 Å². The molecular weight excluding hydrogens is 362 g/mol. The van der Waals surface area contributed by atoms with Crippen LogP contribution in [-0.4, -0.2) is 30.6 Å². The minimum Gasteiger partial charge on any atom is -0.460 e. The maximum absolute atomic E-state index is 12.5. The number of rotatable bonds is 7. The molecule has 1 unspecified atom stereocenters. The number of carbonyl (C=O) groups excluding carboxylic acids is 2. The van der Waals surface area contributed by atoms with E-state index in [9.17, 15) is 27.2 Å². The number of alkyl halides is 4. The third kappa shape index (κ3) is 4.99. The normalized spacial score (nSPS) is 18.8. The van der Waals surface area contributed by atoms with E-state index >= 15 is 0 Å². The van der Waals surface area contributed by atoms with Crippen molar-refractivity contribution in [2.24, 2.45) is 5.92 Å². The van der Waals surface area contributed by atoms with Crippen LogP contribution in [0.4, 0.5) is 17.6 Å². The van der Waals surface area contributed by atoms with Crippen molar-refractivity contribution >= 4 is 11.9 Å². The Hall–Kier alpha value is -2.52. The van der Waals surface area contributed by atoms with Crippen LogP contribution in [0.3, 0.4) is 0 Å². The molecule has 0 bridgehead atoms. The lowest BCUT2D eigenvalue weighted by Gasteiger charge is -2.24. The average Bonchev–Trinajstić information content (AvgIpc) is 2.77. The summed E-state index contributed by atoms with van der Waals surface area (Å²) in [5, 5.41) is 2.63. The Morgan fingerprint density at radius 2 is 1.88 bits per heavy atom. The second kappa shape index (κ2) is 7.79. The number of hydrogen-bond donors (Lipinski definition) is 1. The number of nitrogens with one attached hydrogen (secondary N) is 1. The van der Waals surface area contributed by atoms with Gasteiger partial charge in [-0.3, -0.25) is 9.59 Å². The Morgan fingerprint density at radius 1 is 1.23 bits per heavy atom. The zero-order valence-corrected chi connectivity index (χ0v) is 13.9. The van der Waals surface area contributed by atoms with Crippen molar-refractivity contribution in [1.82, 2.24) is 5.32 Å². The first-order valence-electron chi connectivity index (χ1n) is 7.58. The van der Waals surface area contributed by atoms with Crippen LogP contribution >= 0.6 is 0 Å². The second-order valence-corrected chi connectivity index (χ2v) is 6.16. The molecule has 10 heteroatoms. The zero-order chi connectivity index (χ0) is 19.5. The number of hydrogen-bond acceptors (Lipinski definition) is 5. The fraction of sp³-hybridized carbons (Fsp3) is 0.500. The van der Waals surface area contributed by atoms with Crippen molar-refractivity contribution in [3.63, 3.8) is 0 Å². The van der Waals surface area contributed by atoms with Crippen molar-refractivity contribution in [3.8, 4) is 11.5 Å². The van der Waals surface area contributed by atoms with E-state index < -0.39 is 43.0 Å². The molecule has 0 aliphatic carbocycles. The summed E-state index contributed by atoms with van der Waals surface area (Å²) in [6.07, 6.45) is -0.0482. The number of amides is 1. The first kappa shape index (κ1) is 19.8. The van der Waals surface area contributed by atoms with Crippen LogP contribution in [0.2, 0.25) is 0 Å². The van der Waals surface area contributed by atoms with Crippen LogP contribution in [0.1, 0.15) is 25.8 Å². The van der Waals surface area contributed by atoms with E-state index in [1.165, 1.54) is 6.07 Å². The van der Waals surface area contributed by atoms with Gasteiger partial charge in [0.15, 0.2) is 0 Å². The number of ether oxygens (including phenoxy) is 3. The molecule has 0 saturated carbocycles. The topological polar surface area (TPSA) is 73.9 Å². The lowest BCUT2D eigenvalue weighted by molar-refractivity contribution is -0.151. The van der Waals surface area contributed by atoms with Gasteiger partial charge in [-0.1, -0.05) is 0 Å². The van der Waals surface area contributed by atoms with E-state index in [4.69, 9.17) is 4.74 Å². The van der Waals surface area contributed by atoms with E-state index in [1.54, 1.807) is 13.8 Å². The quantitative estimate of drug-likeness (QED) is 0.583. The summed E-state index contributed by atoms with van der Waals surface area (Å²) in [4.78, 5) is 23.6. The first-order valence-corrected chi connectivity index (χ1v) is 7.58. The summed E-state index contributed by atoms with van der Waals surface area (Å²) in [6.45, 7) is -3.46. The van der Waals surface area contributed by atoms with Crippen LogP contribution in [0.25, 0.3) is 0 Å². The van der Waals surface area contributed by atoms with Crippen molar-refractivity contribution in [2.45, 2.75) is 45.6 Å². The van der Waals surface area contributed by atoms with E-state index in [1.807, 2.05) is 0 Å². The molecule has 1 fully saturated rings. The van der Waals surface area contributed by atoms with Gasteiger partial charge in [-0.25, -0.2) is 0 Å². The highest BCUT2D eigenvalue weighted by atomic mass is 19.3. The molecule has 1 aliphatic heterocycles. The monoisotopic (exact) mass is 379 g/mol. The van der Waals surface area contributed by atoms with E-state index in [-0.39, 0.29) is 23.6 Å². The molecule has 1 N–H and O–H groups in total. The van der Waals surface area contributed by atoms with Gasteiger partial charge in [0.1, 0.15) is 18.1 Å². The molecule has 1 aromatic rings. The molecule has 144 valence electrons. The Bertz CT molecular complexity index is 681. The highest BCUT2D eigenvalue weighted by molar-refractivity contribution is 5.88. The minimum absolute atomic E-state index is 0.0374. The average molecular weight is 379 g/mol. The molecule has 1 amide bonds. The molecule has 0 aromatic heterocycles. The predicted octanol–water partition coefficient (Wildman–Crippen LogP) is 2.85. The zero-order valence-electron chi connectivity index (χ0n) is 13.9. The summed E-state index contributed by atoms with van der Waals surface area (Å²) in [5.74, 6) is -2.56. The number of halogens is 4. The van der Waals surface area contributed by atoms with Gasteiger partial charge in [0.05, 0.1) is 5.92 Å². The Balaban J connectivity index is 2.10. The van der Waals surface area contributed by atoms with Gasteiger partial charge < -0.3 is 19.5 Å². The summed E-state index contributed by atoms with van der Waals surface area (Å²) in [7, 11) is 0. The molecule has 26 heavy (non-hydrogen) atoms. The molecule has 1 aromatic carbocycles. The smallest absolute Gasteiger partial charge is 0.387 e. The maximum atomic E-state index is 12.5. The van der Waals surface area contributed by atoms with Gasteiger partial charge in [-0.15, -0.1) is 0 Å². The standard InChI is InChI=1S/C16H17F4NO5/c1-16(2)10(6-12(22)21-16)13(23)24-7-8-3-4-9(25-14(17)18)5-11(8)26-15(19)20/h3-5,10,14-15H,6-7H2,1-2H3,(H,21,22). The molecule has 1 heterocycles. The van der Waals surface area contributed by atoms with E-state index in [0.29, 0.717) is 0 Å². The fourth-order valence-electron chi connectivity index (χ4n) is 2.60. The highest BCUT2D eigenvalue weighted by Crippen LogP contribution is 2.31. The van der Waals surface area contributed by atoms with Crippen LogP contribution in [-0.2, 0) is 20.9 Å². The number of carbonyl (C=O) groups is 2. The first-order chi connectivity index (χ1) is 12.1. The molecule has 6 nitrogen and oxygen atoms in total. The van der Waals surface area contributed by atoms with Crippen molar-refractivity contribution in [2.75, 3.05) is 0 Å². The molecule has 0 spiro atoms. The number of benzene rings is 1. The molecule has 1 aliphatic rings. The van der Waals surface area contributed by atoms with Crippen LogP contribution in [0, 0.1) is 5.92 Å². The second-order valence-electron chi connectivity index (χ2n) is 6.16. The Labute approximate surface area is 146 Å². The van der Waals surface area contributed by atoms with E-state index in [0.717, 1.165) is 12.1 Å². The van der Waals surface area contributed by atoms with Crippen molar-refractivity contribution < 1.29 is 41.4 Å². The lowest BCUT2D eigenvalue weighted by atomic mass is 9.89. The van der Waals surface area contributed by atoms with Gasteiger partial charge in [0.2, 0.25) is 5.91 Å². The van der Waals surface area contributed by atoms with Crippen molar-refractivity contribution in [3.05, 3.63) is 23.8 Å². The highest BCUT2D eigenvalue weighted by Gasteiger charge is 2.44. The third-order valence-corrected chi connectivity index (χ3v) is 3.86. The van der Waals surface area contributed by atoms with Gasteiger partial charge in [0.25, 0.3) is 0 Å². The molecule has 2 rings (SSSR count). The van der Waals surface area contributed by atoms with E-state index in [2.05, 4.69) is 14.8 Å². The Morgan fingerprint density at radius 3 is 2.42 bits per heavy atom. The SMILES string of the molecule is CC1(C)NC(=O)CC1C(=O)OCc1ccc(OC(F)F)cc1OC(F)F. The van der Waals surface area contributed by atoms with Crippen LogP contribution in [0.5, 0.6) is 11.5 Å². The summed E-state index contributed by atoms with van der Waals surface area (Å²) < 4.78 is 63.0. The van der Waals surface area contributed by atoms with Crippen LogP contribution in [0.15, 0.2) is 18.2 Å². The van der Waals surface area contributed by atoms with Crippen molar-refractivity contribution in [1.29, 1.82) is 0 Å².